The molecule has 0 saturated carbocycles. The Morgan fingerprint density at radius 3 is 1.90 bits per heavy atom. The van der Waals surface area contributed by atoms with Crippen LogP contribution in [0, 0.1) is 20.8 Å². The molecule has 0 atom stereocenters. The van der Waals surface area contributed by atoms with E-state index in [0.717, 1.165) is 19.3 Å². The number of benzene rings is 3. The molecule has 0 aliphatic heterocycles. The van der Waals surface area contributed by atoms with Crippen molar-refractivity contribution in [3.8, 4) is 0 Å². The number of allylic oxidation sites excluding steroid dienone is 3. The van der Waals surface area contributed by atoms with Crippen molar-refractivity contribution in [1.29, 1.82) is 0 Å². The molecule has 0 spiro atoms. The quantitative estimate of drug-likeness (QED) is 0.354. The van der Waals surface area contributed by atoms with Gasteiger partial charge in [-0.1, -0.05) is 103 Å². The first-order chi connectivity index (χ1) is 14.5. The lowest BCUT2D eigenvalue weighted by Crippen LogP contribution is -1.93. The first-order valence-corrected chi connectivity index (χ1v) is 11.1. The van der Waals surface area contributed by atoms with Crippen LogP contribution in [0.2, 0.25) is 0 Å². The molecule has 3 rings (SSSR count). The molecule has 0 nitrogen and oxygen atoms in total. The summed E-state index contributed by atoms with van der Waals surface area (Å²) in [5.41, 5.74) is 12.1. The predicted octanol–water partition coefficient (Wildman–Crippen LogP) is 8.29. The van der Waals surface area contributed by atoms with E-state index in [-0.39, 0.29) is 0 Å². The van der Waals surface area contributed by atoms with Gasteiger partial charge in [-0.25, -0.2) is 0 Å². The minimum absolute atomic E-state index is 1.06. The van der Waals surface area contributed by atoms with Crippen LogP contribution in [-0.4, -0.2) is 0 Å². The third-order valence-corrected chi connectivity index (χ3v) is 5.94. The van der Waals surface area contributed by atoms with Crippen molar-refractivity contribution in [1.82, 2.24) is 0 Å². The Morgan fingerprint density at radius 1 is 0.733 bits per heavy atom. The van der Waals surface area contributed by atoms with Crippen LogP contribution in [0.5, 0.6) is 0 Å². The molecule has 0 fully saturated rings. The molecule has 0 aliphatic rings. The molecule has 30 heavy (non-hydrogen) atoms. The summed E-state index contributed by atoms with van der Waals surface area (Å²) in [6, 6.07) is 24.7. The first-order valence-electron chi connectivity index (χ1n) is 11.1. The Bertz CT molecular complexity index is 1030. The van der Waals surface area contributed by atoms with Crippen LogP contribution in [0.25, 0.3) is 11.6 Å². The van der Waals surface area contributed by atoms with Crippen LogP contribution < -0.4 is 0 Å². The van der Waals surface area contributed by atoms with Crippen molar-refractivity contribution in [2.45, 2.75) is 53.9 Å². The zero-order valence-electron chi connectivity index (χ0n) is 19.1. The molecule has 3 aromatic carbocycles. The van der Waals surface area contributed by atoms with E-state index in [0.29, 0.717) is 0 Å². The molecule has 0 N–H and O–H groups in total. The van der Waals surface area contributed by atoms with E-state index in [1.165, 1.54) is 50.1 Å². The highest BCUT2D eigenvalue weighted by Crippen LogP contribution is 2.25. The Labute approximate surface area is 183 Å². The fraction of sp³-hybridized carbons (Fsp3) is 0.267. The van der Waals surface area contributed by atoms with Crippen molar-refractivity contribution < 1.29 is 0 Å². The van der Waals surface area contributed by atoms with Crippen molar-refractivity contribution in [3.05, 3.63) is 117 Å². The normalized spacial score (nSPS) is 12.3. The molecule has 0 heteroatoms. The second-order valence-electron chi connectivity index (χ2n) is 8.42. The summed E-state index contributed by atoms with van der Waals surface area (Å²) in [4.78, 5) is 0. The number of hydrogen-bond acceptors (Lipinski definition) is 0. The third kappa shape index (κ3) is 5.83. The highest BCUT2D eigenvalue weighted by molar-refractivity contribution is 5.81. The van der Waals surface area contributed by atoms with Gasteiger partial charge in [0.2, 0.25) is 0 Å². The van der Waals surface area contributed by atoms with Crippen molar-refractivity contribution in [3.63, 3.8) is 0 Å². The maximum Gasteiger partial charge on any atom is -0.0184 e. The Hall–Kier alpha value is -2.86. The standard InChI is InChI=1S/C30H34/c1-6-24(4)30(20-19-29-21-23(3)7-10-25(29)5)28-17-15-27(16-18-28)14-13-26-11-8-22(2)9-12-26/h7-12,15-21H,6,13-14H2,1-5H3/b20-19-,30-24+. The van der Waals surface area contributed by atoms with Gasteiger partial charge in [-0.05, 0) is 80.3 Å². The lowest BCUT2D eigenvalue weighted by Gasteiger charge is -2.10. The van der Waals surface area contributed by atoms with Crippen LogP contribution in [0.15, 0.2) is 78.4 Å². The third-order valence-electron chi connectivity index (χ3n) is 5.94. The van der Waals surface area contributed by atoms with Crippen LogP contribution in [-0.2, 0) is 12.8 Å². The summed E-state index contributed by atoms with van der Waals surface area (Å²) >= 11 is 0. The van der Waals surface area contributed by atoms with Crippen LogP contribution in [0.3, 0.4) is 0 Å². The van der Waals surface area contributed by atoms with E-state index in [2.05, 4.69) is 114 Å². The SMILES string of the molecule is CC/C(C)=C(\C=C/c1cc(C)ccc1C)c1ccc(CCc2ccc(C)cc2)cc1. The first kappa shape index (κ1) is 21.8. The fourth-order valence-electron chi connectivity index (χ4n) is 3.68. The topological polar surface area (TPSA) is 0 Å². The highest BCUT2D eigenvalue weighted by atomic mass is 14.1. The summed E-state index contributed by atoms with van der Waals surface area (Å²) < 4.78 is 0. The van der Waals surface area contributed by atoms with E-state index in [9.17, 15) is 0 Å². The van der Waals surface area contributed by atoms with E-state index in [1.54, 1.807) is 0 Å². The minimum atomic E-state index is 1.06. The second kappa shape index (κ2) is 10.3. The average molecular weight is 395 g/mol. The smallest absolute Gasteiger partial charge is 0.0184 e. The maximum absolute atomic E-state index is 2.29. The minimum Gasteiger partial charge on any atom is -0.0658 e. The molecular formula is C30H34. The number of hydrogen-bond donors (Lipinski definition) is 0. The Kier molecular flexibility index (Phi) is 7.46. The van der Waals surface area contributed by atoms with E-state index >= 15 is 0 Å². The molecule has 0 heterocycles. The molecule has 0 bridgehead atoms. The van der Waals surface area contributed by atoms with Gasteiger partial charge in [0.15, 0.2) is 0 Å². The summed E-state index contributed by atoms with van der Waals surface area (Å²) in [5, 5.41) is 0. The summed E-state index contributed by atoms with van der Waals surface area (Å²) in [6.07, 6.45) is 7.78. The monoisotopic (exact) mass is 394 g/mol. The highest BCUT2D eigenvalue weighted by Gasteiger charge is 2.04. The predicted molar refractivity (Wildman–Crippen MR) is 133 cm³/mol. The van der Waals surface area contributed by atoms with Gasteiger partial charge in [0, 0.05) is 0 Å². The van der Waals surface area contributed by atoms with Crippen molar-refractivity contribution in [2.24, 2.45) is 0 Å². The second-order valence-corrected chi connectivity index (χ2v) is 8.42. The molecule has 0 aliphatic carbocycles. The van der Waals surface area contributed by atoms with Gasteiger partial charge >= 0.3 is 0 Å². The van der Waals surface area contributed by atoms with E-state index in [4.69, 9.17) is 0 Å². The zero-order chi connectivity index (χ0) is 21.5. The molecule has 0 radical (unpaired) electrons. The largest absolute Gasteiger partial charge is 0.0658 e. The molecule has 0 unspecified atom stereocenters. The molecule has 154 valence electrons. The number of rotatable bonds is 7. The summed E-state index contributed by atoms with van der Waals surface area (Å²) in [6.45, 7) is 10.9. The fourth-order valence-corrected chi connectivity index (χ4v) is 3.68. The lowest BCUT2D eigenvalue weighted by molar-refractivity contribution is 0.959. The van der Waals surface area contributed by atoms with E-state index < -0.39 is 0 Å². The zero-order valence-corrected chi connectivity index (χ0v) is 19.1. The van der Waals surface area contributed by atoms with Crippen molar-refractivity contribution >= 4 is 11.6 Å². The van der Waals surface area contributed by atoms with Gasteiger partial charge < -0.3 is 0 Å². The molecule has 0 saturated heterocycles. The van der Waals surface area contributed by atoms with Crippen LogP contribution in [0.4, 0.5) is 0 Å². The van der Waals surface area contributed by atoms with Gasteiger partial charge in [0.05, 0.1) is 0 Å². The van der Waals surface area contributed by atoms with Gasteiger partial charge in [0.25, 0.3) is 0 Å². The molecule has 0 amide bonds. The van der Waals surface area contributed by atoms with Gasteiger partial charge in [-0.15, -0.1) is 0 Å². The molecule has 0 aromatic heterocycles. The lowest BCUT2D eigenvalue weighted by atomic mass is 9.95. The molecule has 3 aromatic rings. The van der Waals surface area contributed by atoms with Gasteiger partial charge in [-0.2, -0.15) is 0 Å². The van der Waals surface area contributed by atoms with Gasteiger partial charge in [0.1, 0.15) is 0 Å². The van der Waals surface area contributed by atoms with Crippen molar-refractivity contribution in [2.75, 3.05) is 0 Å². The molecular weight excluding hydrogens is 360 g/mol. The average Bonchev–Trinajstić information content (AvgIpc) is 2.76. The Balaban J connectivity index is 1.77. The van der Waals surface area contributed by atoms with Gasteiger partial charge in [-0.3, -0.25) is 0 Å². The van der Waals surface area contributed by atoms with Crippen LogP contribution >= 0.6 is 0 Å². The maximum atomic E-state index is 2.29. The van der Waals surface area contributed by atoms with E-state index in [1.807, 2.05) is 0 Å². The summed E-state index contributed by atoms with van der Waals surface area (Å²) in [5.74, 6) is 0. The number of aryl methyl sites for hydroxylation is 5. The summed E-state index contributed by atoms with van der Waals surface area (Å²) in [7, 11) is 0. The van der Waals surface area contributed by atoms with Crippen LogP contribution in [0.1, 0.15) is 59.2 Å². The Morgan fingerprint density at radius 2 is 1.30 bits per heavy atom.